The minimum Gasteiger partial charge on any atom is -0.309 e. The van der Waals surface area contributed by atoms with Gasteiger partial charge in [-0.1, -0.05) is 0 Å². The first-order valence-corrected chi connectivity index (χ1v) is 4.80. The molecule has 6 nitrogen and oxygen atoms in total. The van der Waals surface area contributed by atoms with Crippen LogP contribution in [0.4, 0.5) is 5.82 Å². The van der Waals surface area contributed by atoms with Gasteiger partial charge in [0, 0.05) is 19.8 Å². The van der Waals surface area contributed by atoms with Crippen LogP contribution in [0.3, 0.4) is 0 Å². The maximum atomic E-state index is 11.7. The van der Waals surface area contributed by atoms with E-state index in [2.05, 4.69) is 20.7 Å². The normalized spacial score (nSPS) is 21.5. The number of nitrogens with zero attached hydrogens (tertiary/aromatic N) is 3. The average molecular weight is 207 g/mol. The highest BCUT2D eigenvalue weighted by Gasteiger charge is 2.25. The van der Waals surface area contributed by atoms with Gasteiger partial charge in [-0.05, 0) is 12.5 Å². The van der Waals surface area contributed by atoms with E-state index in [0.29, 0.717) is 5.82 Å². The number of hydrogen-bond acceptors (Lipinski definition) is 5. The lowest BCUT2D eigenvalue weighted by atomic mass is 10.2. The topological polar surface area (TPSA) is 70.2 Å². The van der Waals surface area contributed by atoms with E-state index in [9.17, 15) is 4.79 Å². The number of hydrazine groups is 1. The Balaban J connectivity index is 1.93. The Morgan fingerprint density at radius 2 is 2.60 bits per heavy atom. The Labute approximate surface area is 87.7 Å². The van der Waals surface area contributed by atoms with Crippen molar-refractivity contribution >= 4 is 11.7 Å². The first-order valence-electron chi connectivity index (χ1n) is 4.80. The summed E-state index contributed by atoms with van der Waals surface area (Å²) in [7, 11) is 1.91. The average Bonchev–Trinajstić information content (AvgIpc) is 2.66. The third-order valence-corrected chi connectivity index (χ3v) is 2.28. The number of amides is 1. The van der Waals surface area contributed by atoms with Crippen molar-refractivity contribution in [2.45, 2.75) is 12.5 Å². The first kappa shape index (κ1) is 10.0. The maximum absolute atomic E-state index is 11.7. The van der Waals surface area contributed by atoms with Gasteiger partial charge in [-0.25, -0.2) is 20.4 Å². The van der Waals surface area contributed by atoms with E-state index in [1.54, 1.807) is 12.3 Å². The van der Waals surface area contributed by atoms with E-state index in [1.165, 1.54) is 6.33 Å². The summed E-state index contributed by atoms with van der Waals surface area (Å²) in [5, 5.41) is 4.63. The van der Waals surface area contributed by atoms with Crippen LogP contribution >= 0.6 is 0 Å². The number of carbonyl (C=O) groups is 1. The molecule has 1 aliphatic heterocycles. The molecule has 2 rings (SSSR count). The van der Waals surface area contributed by atoms with Crippen molar-refractivity contribution < 1.29 is 4.79 Å². The van der Waals surface area contributed by atoms with Gasteiger partial charge in [0.1, 0.15) is 18.2 Å². The first-order chi connectivity index (χ1) is 7.25. The van der Waals surface area contributed by atoms with Gasteiger partial charge in [-0.2, -0.15) is 0 Å². The van der Waals surface area contributed by atoms with E-state index < -0.39 is 0 Å². The highest BCUT2D eigenvalue weighted by Crippen LogP contribution is 2.06. The van der Waals surface area contributed by atoms with Crippen molar-refractivity contribution in [3.05, 3.63) is 18.6 Å². The zero-order valence-corrected chi connectivity index (χ0v) is 8.47. The molecule has 6 heteroatoms. The van der Waals surface area contributed by atoms with Crippen LogP contribution in [0.5, 0.6) is 0 Å². The molecular formula is C9H13N5O. The number of rotatable bonds is 2. The van der Waals surface area contributed by atoms with Crippen molar-refractivity contribution in [2.75, 3.05) is 18.9 Å². The number of anilines is 1. The molecule has 2 heterocycles. The van der Waals surface area contributed by atoms with Crippen LogP contribution < -0.4 is 10.7 Å². The molecule has 0 bridgehead atoms. The van der Waals surface area contributed by atoms with E-state index in [4.69, 9.17) is 0 Å². The van der Waals surface area contributed by atoms with Crippen LogP contribution in [0.1, 0.15) is 6.42 Å². The summed E-state index contributed by atoms with van der Waals surface area (Å²) >= 11 is 0. The number of aromatic nitrogens is 2. The fourth-order valence-corrected chi connectivity index (χ4v) is 1.49. The predicted molar refractivity (Wildman–Crippen MR) is 54.8 cm³/mol. The Morgan fingerprint density at radius 1 is 1.73 bits per heavy atom. The smallest absolute Gasteiger partial charge is 0.244 e. The molecule has 1 unspecified atom stereocenters. The Bertz CT molecular complexity index is 342. The summed E-state index contributed by atoms with van der Waals surface area (Å²) < 4.78 is 0. The summed E-state index contributed by atoms with van der Waals surface area (Å²) in [6.07, 6.45) is 3.81. The molecule has 0 saturated carbocycles. The Kier molecular flexibility index (Phi) is 2.89. The molecule has 1 aromatic heterocycles. The van der Waals surface area contributed by atoms with Crippen LogP contribution in [0.2, 0.25) is 0 Å². The highest BCUT2D eigenvalue weighted by molar-refractivity contribution is 5.94. The van der Waals surface area contributed by atoms with Crippen LogP contribution in [-0.4, -0.2) is 40.5 Å². The molecule has 15 heavy (non-hydrogen) atoms. The Morgan fingerprint density at radius 3 is 3.20 bits per heavy atom. The minimum absolute atomic E-state index is 0.0574. The molecule has 0 aromatic carbocycles. The lowest BCUT2D eigenvalue weighted by Gasteiger charge is -2.12. The van der Waals surface area contributed by atoms with Crippen molar-refractivity contribution in [3.8, 4) is 0 Å². The SMILES string of the molecule is CN1CCC(C(=O)Nc2ccncn2)N1. The van der Waals surface area contributed by atoms with Gasteiger partial charge in [0.25, 0.3) is 0 Å². The fraction of sp³-hybridized carbons (Fsp3) is 0.444. The zero-order chi connectivity index (χ0) is 10.7. The molecule has 0 aliphatic carbocycles. The Hall–Kier alpha value is -1.53. The van der Waals surface area contributed by atoms with Gasteiger partial charge < -0.3 is 5.32 Å². The number of carbonyl (C=O) groups excluding carboxylic acids is 1. The van der Waals surface area contributed by atoms with Crippen molar-refractivity contribution in [1.82, 2.24) is 20.4 Å². The second-order valence-corrected chi connectivity index (χ2v) is 3.48. The van der Waals surface area contributed by atoms with E-state index in [1.807, 2.05) is 12.1 Å². The number of nitrogens with one attached hydrogen (secondary N) is 2. The van der Waals surface area contributed by atoms with Gasteiger partial charge in [-0.15, -0.1) is 0 Å². The van der Waals surface area contributed by atoms with Gasteiger partial charge in [-0.3, -0.25) is 4.79 Å². The van der Waals surface area contributed by atoms with Gasteiger partial charge >= 0.3 is 0 Å². The molecule has 1 aliphatic rings. The lowest BCUT2D eigenvalue weighted by Crippen LogP contribution is -2.40. The molecule has 1 aromatic rings. The summed E-state index contributed by atoms with van der Waals surface area (Å²) in [6, 6.07) is 1.50. The second kappa shape index (κ2) is 4.33. The second-order valence-electron chi connectivity index (χ2n) is 3.48. The molecular weight excluding hydrogens is 194 g/mol. The standard InChI is InChI=1S/C9H13N5O/c1-14-5-3-7(13-14)9(15)12-8-2-4-10-6-11-8/h2,4,6-7,13H,3,5H2,1H3,(H,10,11,12,15). The van der Waals surface area contributed by atoms with Crippen molar-refractivity contribution in [2.24, 2.45) is 0 Å². The monoisotopic (exact) mass is 207 g/mol. The van der Waals surface area contributed by atoms with Crippen molar-refractivity contribution in [1.29, 1.82) is 0 Å². The molecule has 1 saturated heterocycles. The molecule has 1 fully saturated rings. The van der Waals surface area contributed by atoms with E-state index in [0.717, 1.165) is 13.0 Å². The molecule has 2 N–H and O–H groups in total. The summed E-state index contributed by atoms with van der Waals surface area (Å²) in [4.78, 5) is 19.4. The van der Waals surface area contributed by atoms with Crippen LogP contribution in [0.15, 0.2) is 18.6 Å². The molecule has 80 valence electrons. The molecule has 0 spiro atoms. The van der Waals surface area contributed by atoms with Crippen LogP contribution in [-0.2, 0) is 4.79 Å². The van der Waals surface area contributed by atoms with E-state index >= 15 is 0 Å². The third-order valence-electron chi connectivity index (χ3n) is 2.28. The van der Waals surface area contributed by atoms with Gasteiger partial charge in [0.05, 0.1) is 0 Å². The predicted octanol–water partition coefficient (Wildman–Crippen LogP) is -0.376. The third kappa shape index (κ3) is 2.48. The summed E-state index contributed by atoms with van der Waals surface area (Å²) in [6.45, 7) is 0.877. The number of hydrogen-bond donors (Lipinski definition) is 2. The van der Waals surface area contributed by atoms with E-state index in [-0.39, 0.29) is 11.9 Å². The summed E-state index contributed by atoms with van der Waals surface area (Å²) in [5.74, 6) is 0.476. The van der Waals surface area contributed by atoms with Crippen molar-refractivity contribution in [3.63, 3.8) is 0 Å². The fourth-order valence-electron chi connectivity index (χ4n) is 1.49. The van der Waals surface area contributed by atoms with Crippen LogP contribution in [0.25, 0.3) is 0 Å². The highest BCUT2D eigenvalue weighted by atomic mass is 16.2. The quantitative estimate of drug-likeness (QED) is 0.692. The van der Waals surface area contributed by atoms with Crippen LogP contribution in [0, 0.1) is 0 Å². The largest absolute Gasteiger partial charge is 0.309 e. The maximum Gasteiger partial charge on any atom is 0.244 e. The lowest BCUT2D eigenvalue weighted by molar-refractivity contribution is -0.118. The molecule has 1 atom stereocenters. The van der Waals surface area contributed by atoms with Gasteiger partial charge in [0.15, 0.2) is 0 Å². The minimum atomic E-state index is -0.162. The zero-order valence-electron chi connectivity index (χ0n) is 8.47. The summed E-state index contributed by atoms with van der Waals surface area (Å²) in [5.41, 5.74) is 3.05. The molecule has 1 amide bonds. The van der Waals surface area contributed by atoms with Gasteiger partial charge in [0.2, 0.25) is 5.91 Å². The molecule has 0 radical (unpaired) electrons.